The fourth-order valence-corrected chi connectivity index (χ4v) is 2.91. The van der Waals surface area contributed by atoms with Gasteiger partial charge in [-0.25, -0.2) is 0 Å². The predicted octanol–water partition coefficient (Wildman–Crippen LogP) is 3.39. The standard InChI is InChI=1S/C16H18O2/c17-15-9-3-12(4-10-15)2-1-11-18-16-13-5-6-14(16)8-7-13/h1-6,9-10,13-14,16-17H,7-8,11H2/b2-1+. The Hall–Kier alpha value is -1.54. The molecular weight excluding hydrogens is 224 g/mol. The van der Waals surface area contributed by atoms with E-state index in [9.17, 15) is 5.11 Å². The molecular formula is C16H18O2. The molecule has 1 saturated carbocycles. The number of aromatic hydroxyl groups is 1. The molecule has 2 aliphatic carbocycles. The lowest BCUT2D eigenvalue weighted by Crippen LogP contribution is -2.18. The average Bonchev–Trinajstić information content (AvgIpc) is 2.96. The molecule has 1 aromatic carbocycles. The van der Waals surface area contributed by atoms with Crippen LogP contribution < -0.4 is 0 Å². The molecule has 0 amide bonds. The van der Waals surface area contributed by atoms with Crippen LogP contribution in [0, 0.1) is 11.8 Å². The van der Waals surface area contributed by atoms with Crippen LogP contribution in [0.4, 0.5) is 0 Å². The van der Waals surface area contributed by atoms with Crippen LogP contribution in [-0.4, -0.2) is 17.8 Å². The topological polar surface area (TPSA) is 29.5 Å². The van der Waals surface area contributed by atoms with Gasteiger partial charge >= 0.3 is 0 Å². The van der Waals surface area contributed by atoms with Crippen molar-refractivity contribution < 1.29 is 9.84 Å². The van der Waals surface area contributed by atoms with Crippen LogP contribution in [0.2, 0.25) is 0 Å². The molecule has 2 unspecified atom stereocenters. The highest BCUT2D eigenvalue weighted by molar-refractivity contribution is 5.50. The summed E-state index contributed by atoms with van der Waals surface area (Å²) in [4.78, 5) is 0. The summed E-state index contributed by atoms with van der Waals surface area (Å²) in [6.45, 7) is 0.667. The van der Waals surface area contributed by atoms with E-state index in [0.29, 0.717) is 30.3 Å². The number of fused-ring (bicyclic) bond motifs is 2. The number of rotatable bonds is 4. The fourth-order valence-electron chi connectivity index (χ4n) is 2.91. The van der Waals surface area contributed by atoms with Crippen LogP contribution in [0.15, 0.2) is 42.5 Å². The van der Waals surface area contributed by atoms with Crippen LogP contribution in [0.25, 0.3) is 6.08 Å². The van der Waals surface area contributed by atoms with Crippen LogP contribution in [0.1, 0.15) is 18.4 Å². The second-order valence-corrected chi connectivity index (χ2v) is 5.08. The molecule has 94 valence electrons. The van der Waals surface area contributed by atoms with E-state index in [0.717, 1.165) is 5.56 Å². The first-order valence-corrected chi connectivity index (χ1v) is 6.58. The highest BCUT2D eigenvalue weighted by Gasteiger charge is 2.37. The minimum atomic E-state index is 0.303. The summed E-state index contributed by atoms with van der Waals surface area (Å²) < 4.78 is 5.94. The second-order valence-electron chi connectivity index (χ2n) is 5.08. The molecule has 2 bridgehead atoms. The number of phenolic OH excluding ortho intramolecular Hbond substituents is 1. The highest BCUT2D eigenvalue weighted by atomic mass is 16.5. The molecule has 2 aliphatic rings. The van der Waals surface area contributed by atoms with Gasteiger partial charge in [-0.3, -0.25) is 0 Å². The number of hydrogen-bond donors (Lipinski definition) is 1. The van der Waals surface area contributed by atoms with Crippen molar-refractivity contribution in [3.05, 3.63) is 48.1 Å². The second kappa shape index (κ2) is 4.99. The van der Waals surface area contributed by atoms with Crippen molar-refractivity contribution in [3.63, 3.8) is 0 Å². The Kier molecular flexibility index (Phi) is 3.20. The van der Waals surface area contributed by atoms with Gasteiger partial charge in [-0.15, -0.1) is 0 Å². The van der Waals surface area contributed by atoms with E-state index >= 15 is 0 Å². The number of benzene rings is 1. The van der Waals surface area contributed by atoms with E-state index in [4.69, 9.17) is 4.74 Å². The molecule has 1 aromatic rings. The van der Waals surface area contributed by atoms with E-state index in [1.54, 1.807) is 12.1 Å². The largest absolute Gasteiger partial charge is 0.508 e. The Balaban J connectivity index is 1.49. The van der Waals surface area contributed by atoms with Gasteiger partial charge in [0.2, 0.25) is 0 Å². The maximum atomic E-state index is 9.18. The van der Waals surface area contributed by atoms with Gasteiger partial charge in [-0.05, 0) is 30.5 Å². The monoisotopic (exact) mass is 242 g/mol. The third kappa shape index (κ3) is 2.34. The molecule has 2 atom stereocenters. The molecule has 0 aromatic heterocycles. The zero-order valence-electron chi connectivity index (χ0n) is 10.3. The molecule has 0 radical (unpaired) electrons. The van der Waals surface area contributed by atoms with Gasteiger partial charge in [0.05, 0.1) is 12.7 Å². The third-order valence-electron chi connectivity index (χ3n) is 3.87. The summed E-state index contributed by atoms with van der Waals surface area (Å²) in [5.41, 5.74) is 1.09. The summed E-state index contributed by atoms with van der Waals surface area (Å²) in [6.07, 6.45) is 11.7. The minimum absolute atomic E-state index is 0.303. The predicted molar refractivity (Wildman–Crippen MR) is 72.2 cm³/mol. The van der Waals surface area contributed by atoms with Gasteiger partial charge in [0.1, 0.15) is 5.75 Å². The van der Waals surface area contributed by atoms with E-state index in [1.165, 1.54) is 12.8 Å². The van der Waals surface area contributed by atoms with Crippen molar-refractivity contribution in [2.75, 3.05) is 6.61 Å². The Labute approximate surface area is 108 Å². The fraction of sp³-hybridized carbons (Fsp3) is 0.375. The summed E-state index contributed by atoms with van der Waals surface area (Å²) in [5, 5.41) is 9.18. The molecule has 1 N–H and O–H groups in total. The number of ether oxygens (including phenoxy) is 1. The molecule has 0 heterocycles. The van der Waals surface area contributed by atoms with Gasteiger partial charge in [-0.2, -0.15) is 0 Å². The van der Waals surface area contributed by atoms with Crippen molar-refractivity contribution in [2.24, 2.45) is 11.8 Å². The van der Waals surface area contributed by atoms with E-state index in [-0.39, 0.29) is 0 Å². The van der Waals surface area contributed by atoms with Crippen LogP contribution in [-0.2, 0) is 4.74 Å². The zero-order valence-corrected chi connectivity index (χ0v) is 10.3. The Bertz CT molecular complexity index is 444. The van der Waals surface area contributed by atoms with Gasteiger partial charge in [0, 0.05) is 11.8 Å². The molecule has 3 rings (SSSR count). The lowest BCUT2D eigenvalue weighted by Gasteiger charge is -2.15. The van der Waals surface area contributed by atoms with Gasteiger partial charge in [0.25, 0.3) is 0 Å². The van der Waals surface area contributed by atoms with Gasteiger partial charge in [0.15, 0.2) is 0 Å². The van der Waals surface area contributed by atoms with Gasteiger partial charge < -0.3 is 9.84 Å². The van der Waals surface area contributed by atoms with E-state index < -0.39 is 0 Å². The lowest BCUT2D eigenvalue weighted by atomic mass is 10.1. The highest BCUT2D eigenvalue weighted by Crippen LogP contribution is 2.40. The molecule has 1 fully saturated rings. The maximum absolute atomic E-state index is 9.18. The SMILES string of the molecule is Oc1ccc(/C=C/COC2C3C=CC2CC3)cc1. The summed E-state index contributed by atoms with van der Waals surface area (Å²) >= 11 is 0. The molecule has 0 spiro atoms. The third-order valence-corrected chi connectivity index (χ3v) is 3.87. The molecule has 2 nitrogen and oxygen atoms in total. The van der Waals surface area contributed by atoms with Crippen LogP contribution in [0.5, 0.6) is 5.75 Å². The summed E-state index contributed by atoms with van der Waals surface area (Å²) in [5.74, 6) is 1.60. The van der Waals surface area contributed by atoms with Crippen molar-refractivity contribution in [1.29, 1.82) is 0 Å². The molecule has 0 saturated heterocycles. The molecule has 2 heteroatoms. The normalized spacial score (nSPS) is 29.4. The smallest absolute Gasteiger partial charge is 0.115 e. The first-order chi connectivity index (χ1) is 8.83. The summed E-state index contributed by atoms with van der Waals surface area (Å²) in [6, 6.07) is 7.18. The molecule has 0 aliphatic heterocycles. The lowest BCUT2D eigenvalue weighted by molar-refractivity contribution is 0.0479. The quantitative estimate of drug-likeness (QED) is 0.820. The Morgan fingerprint density at radius 1 is 1.11 bits per heavy atom. The first kappa shape index (κ1) is 11.5. The number of phenols is 1. The summed E-state index contributed by atoms with van der Waals surface area (Å²) in [7, 11) is 0. The van der Waals surface area contributed by atoms with Crippen molar-refractivity contribution in [2.45, 2.75) is 18.9 Å². The van der Waals surface area contributed by atoms with Crippen LogP contribution >= 0.6 is 0 Å². The maximum Gasteiger partial charge on any atom is 0.115 e. The van der Waals surface area contributed by atoms with Crippen molar-refractivity contribution in [1.82, 2.24) is 0 Å². The van der Waals surface area contributed by atoms with Crippen LogP contribution in [0.3, 0.4) is 0 Å². The first-order valence-electron chi connectivity index (χ1n) is 6.58. The van der Waals surface area contributed by atoms with Crippen molar-refractivity contribution >= 4 is 6.08 Å². The minimum Gasteiger partial charge on any atom is -0.508 e. The average molecular weight is 242 g/mol. The van der Waals surface area contributed by atoms with Gasteiger partial charge in [-0.1, -0.05) is 36.4 Å². The van der Waals surface area contributed by atoms with E-state index in [1.807, 2.05) is 24.3 Å². The van der Waals surface area contributed by atoms with Crippen molar-refractivity contribution in [3.8, 4) is 5.75 Å². The molecule has 18 heavy (non-hydrogen) atoms. The number of hydrogen-bond acceptors (Lipinski definition) is 2. The Morgan fingerprint density at radius 2 is 1.78 bits per heavy atom. The Morgan fingerprint density at radius 3 is 2.39 bits per heavy atom. The van der Waals surface area contributed by atoms with E-state index in [2.05, 4.69) is 12.2 Å². The zero-order chi connectivity index (χ0) is 12.4.